The molecule has 0 radical (unpaired) electrons. The van der Waals surface area contributed by atoms with Crippen molar-refractivity contribution in [2.45, 2.75) is 44.7 Å². The Morgan fingerprint density at radius 1 is 1.26 bits per heavy atom. The van der Waals surface area contributed by atoms with Crippen molar-refractivity contribution in [3.05, 3.63) is 41.7 Å². The highest BCUT2D eigenvalue weighted by Gasteiger charge is 2.34. The number of hydrogen-bond donors (Lipinski definition) is 1. The third-order valence-corrected chi connectivity index (χ3v) is 5.36. The molecule has 3 aromatic heterocycles. The van der Waals surface area contributed by atoms with Gasteiger partial charge in [-0.15, -0.1) is 5.10 Å². The number of hydrogen-bond acceptors (Lipinski definition) is 6. The Kier molecular flexibility index (Phi) is 3.92. The zero-order valence-electron chi connectivity index (χ0n) is 14.9. The van der Waals surface area contributed by atoms with Gasteiger partial charge in [0.15, 0.2) is 5.82 Å². The van der Waals surface area contributed by atoms with Gasteiger partial charge in [-0.1, -0.05) is 6.42 Å². The van der Waals surface area contributed by atoms with Crippen LogP contribution in [0, 0.1) is 0 Å². The number of H-pyrrole nitrogens is 1. The van der Waals surface area contributed by atoms with Crippen LogP contribution in [0.4, 0.5) is 0 Å². The van der Waals surface area contributed by atoms with E-state index in [0.717, 1.165) is 55.0 Å². The van der Waals surface area contributed by atoms with E-state index in [1.807, 2.05) is 17.0 Å². The van der Waals surface area contributed by atoms with Gasteiger partial charge >= 0.3 is 0 Å². The number of aryl methyl sites for hydroxylation is 1. The van der Waals surface area contributed by atoms with Gasteiger partial charge in [0.2, 0.25) is 5.91 Å². The number of tetrazole rings is 1. The van der Waals surface area contributed by atoms with Gasteiger partial charge < -0.3 is 9.88 Å². The van der Waals surface area contributed by atoms with Crippen molar-refractivity contribution < 1.29 is 4.79 Å². The molecule has 3 aromatic rings. The molecular formula is C18H20N8O. The monoisotopic (exact) mass is 364 g/mol. The molecular weight excluding hydrogens is 344 g/mol. The summed E-state index contributed by atoms with van der Waals surface area (Å²) >= 11 is 0. The number of fused-ring (bicyclic) bond motifs is 2. The first-order valence-corrected chi connectivity index (χ1v) is 9.32. The maximum atomic E-state index is 13.2. The zero-order chi connectivity index (χ0) is 18.2. The van der Waals surface area contributed by atoms with E-state index < -0.39 is 0 Å². The highest BCUT2D eigenvalue weighted by molar-refractivity contribution is 5.83. The largest absolute Gasteiger partial charge is 0.340 e. The standard InChI is InChI=1S/C18H20N8O/c27-18(13-5-1-2-8-26-17(13)22-23-24-26)25-9-6-14-15(11-25)21-16(20-14)12-4-3-7-19-10-12/h3-4,7,10,13H,1-2,5-6,8-9,11H2,(H,20,21)/t13-/m0/s1. The molecule has 0 bridgehead atoms. The van der Waals surface area contributed by atoms with Crippen LogP contribution in [0.2, 0.25) is 0 Å². The zero-order valence-corrected chi connectivity index (χ0v) is 14.9. The van der Waals surface area contributed by atoms with Crippen molar-refractivity contribution in [3.8, 4) is 11.4 Å². The average Bonchev–Trinajstić information content (AvgIpc) is 3.30. The van der Waals surface area contributed by atoms with Crippen LogP contribution in [0.5, 0.6) is 0 Å². The van der Waals surface area contributed by atoms with Crippen LogP contribution >= 0.6 is 0 Å². The minimum Gasteiger partial charge on any atom is -0.340 e. The van der Waals surface area contributed by atoms with Crippen molar-refractivity contribution in [1.82, 2.24) is 40.1 Å². The van der Waals surface area contributed by atoms with Gasteiger partial charge in [-0.2, -0.15) is 0 Å². The summed E-state index contributed by atoms with van der Waals surface area (Å²) < 4.78 is 1.78. The van der Waals surface area contributed by atoms with Crippen molar-refractivity contribution in [3.63, 3.8) is 0 Å². The molecule has 9 heteroatoms. The minimum atomic E-state index is -0.259. The number of nitrogens with zero attached hydrogens (tertiary/aromatic N) is 7. The maximum absolute atomic E-state index is 13.2. The fourth-order valence-electron chi connectivity index (χ4n) is 3.94. The third kappa shape index (κ3) is 2.88. The van der Waals surface area contributed by atoms with E-state index in [2.05, 4.69) is 25.5 Å². The number of carbonyl (C=O) groups is 1. The lowest BCUT2D eigenvalue weighted by Gasteiger charge is -2.29. The van der Waals surface area contributed by atoms with Crippen molar-refractivity contribution in [1.29, 1.82) is 0 Å². The maximum Gasteiger partial charge on any atom is 0.233 e. The average molecular weight is 364 g/mol. The second-order valence-corrected chi connectivity index (χ2v) is 7.07. The number of rotatable bonds is 2. The highest BCUT2D eigenvalue weighted by atomic mass is 16.2. The molecule has 27 heavy (non-hydrogen) atoms. The molecule has 0 spiro atoms. The summed E-state index contributed by atoms with van der Waals surface area (Å²) in [7, 11) is 0. The number of nitrogens with one attached hydrogen (secondary N) is 1. The van der Waals surface area contributed by atoms with Crippen molar-refractivity contribution in [2.24, 2.45) is 0 Å². The van der Waals surface area contributed by atoms with Crippen LogP contribution in [-0.2, 0) is 24.3 Å². The molecule has 5 heterocycles. The van der Waals surface area contributed by atoms with E-state index in [4.69, 9.17) is 4.98 Å². The summed E-state index contributed by atoms with van der Waals surface area (Å²) in [5.41, 5.74) is 2.98. The quantitative estimate of drug-likeness (QED) is 0.735. The number of imidazole rings is 1. The molecule has 2 aliphatic rings. The summed E-state index contributed by atoms with van der Waals surface area (Å²) in [6.45, 7) is 1.99. The Morgan fingerprint density at radius 2 is 2.22 bits per heavy atom. The molecule has 138 valence electrons. The summed E-state index contributed by atoms with van der Waals surface area (Å²) in [5, 5.41) is 11.9. The Hall–Kier alpha value is -3.10. The van der Waals surface area contributed by atoms with E-state index in [1.165, 1.54) is 0 Å². The Morgan fingerprint density at radius 3 is 3.11 bits per heavy atom. The molecule has 0 saturated carbocycles. The number of amides is 1. The van der Waals surface area contributed by atoms with Gasteiger partial charge in [-0.25, -0.2) is 9.67 Å². The van der Waals surface area contributed by atoms with Gasteiger partial charge in [-0.05, 0) is 35.4 Å². The van der Waals surface area contributed by atoms with Crippen LogP contribution < -0.4 is 0 Å². The Balaban J connectivity index is 1.38. The SMILES string of the molecule is O=C([C@H]1CCCCn2nnnc21)N1CCc2nc(-c3cccnc3)[nH]c2C1. The smallest absolute Gasteiger partial charge is 0.233 e. The van der Waals surface area contributed by atoms with Crippen LogP contribution in [0.25, 0.3) is 11.4 Å². The second kappa shape index (κ2) is 6.57. The van der Waals surface area contributed by atoms with Crippen LogP contribution in [-0.4, -0.2) is 52.5 Å². The summed E-state index contributed by atoms with van der Waals surface area (Å²) in [4.78, 5) is 27.4. The number of carbonyl (C=O) groups excluding carboxylic acids is 1. The molecule has 5 rings (SSSR count). The Labute approximate surface area is 155 Å². The van der Waals surface area contributed by atoms with Gasteiger partial charge in [0.05, 0.1) is 23.9 Å². The minimum absolute atomic E-state index is 0.108. The molecule has 1 amide bonds. The highest BCUT2D eigenvalue weighted by Crippen LogP contribution is 2.29. The van der Waals surface area contributed by atoms with E-state index in [1.54, 1.807) is 17.1 Å². The molecule has 1 N–H and O–H groups in total. The molecule has 0 aromatic carbocycles. The lowest BCUT2D eigenvalue weighted by molar-refractivity contribution is -0.134. The fourth-order valence-corrected chi connectivity index (χ4v) is 3.94. The first kappa shape index (κ1) is 16.1. The third-order valence-electron chi connectivity index (χ3n) is 5.36. The van der Waals surface area contributed by atoms with Crippen LogP contribution in [0.1, 0.15) is 42.4 Å². The van der Waals surface area contributed by atoms with Gasteiger partial charge in [-0.3, -0.25) is 9.78 Å². The first-order valence-electron chi connectivity index (χ1n) is 9.32. The molecule has 9 nitrogen and oxygen atoms in total. The predicted molar refractivity (Wildman–Crippen MR) is 95.3 cm³/mol. The predicted octanol–water partition coefficient (Wildman–Crippen LogP) is 1.31. The Bertz CT molecular complexity index is 963. The van der Waals surface area contributed by atoms with E-state index >= 15 is 0 Å². The number of aromatic amines is 1. The summed E-state index contributed by atoms with van der Waals surface area (Å²) in [5.74, 6) is 1.35. The molecule has 0 unspecified atom stereocenters. The molecule has 1 atom stereocenters. The van der Waals surface area contributed by atoms with Gasteiger partial charge in [0.1, 0.15) is 5.82 Å². The topological polar surface area (TPSA) is 105 Å². The summed E-state index contributed by atoms with van der Waals surface area (Å²) in [6, 6.07) is 3.87. The van der Waals surface area contributed by atoms with Crippen LogP contribution in [0.15, 0.2) is 24.5 Å². The second-order valence-electron chi connectivity index (χ2n) is 7.07. The van der Waals surface area contributed by atoms with E-state index in [0.29, 0.717) is 18.9 Å². The van der Waals surface area contributed by atoms with Crippen molar-refractivity contribution in [2.75, 3.05) is 6.54 Å². The summed E-state index contributed by atoms with van der Waals surface area (Å²) in [6.07, 6.45) is 7.07. The van der Waals surface area contributed by atoms with Gasteiger partial charge in [0.25, 0.3) is 0 Å². The normalized spacial score (nSPS) is 19.3. The lowest BCUT2D eigenvalue weighted by Crippen LogP contribution is -2.39. The van der Waals surface area contributed by atoms with E-state index in [-0.39, 0.29) is 11.8 Å². The van der Waals surface area contributed by atoms with Gasteiger partial charge in [0, 0.05) is 37.5 Å². The first-order chi connectivity index (χ1) is 13.3. The number of aromatic nitrogens is 7. The fraction of sp³-hybridized carbons (Fsp3) is 0.444. The molecule has 0 saturated heterocycles. The number of pyridine rings is 1. The molecule has 0 aliphatic carbocycles. The van der Waals surface area contributed by atoms with Crippen LogP contribution in [0.3, 0.4) is 0 Å². The molecule has 0 fully saturated rings. The van der Waals surface area contributed by atoms with Crippen molar-refractivity contribution >= 4 is 5.91 Å². The molecule has 2 aliphatic heterocycles. The lowest BCUT2D eigenvalue weighted by atomic mass is 9.99. The van der Waals surface area contributed by atoms with E-state index in [9.17, 15) is 4.79 Å².